The zero-order chi connectivity index (χ0) is 20.4. The van der Waals surface area contributed by atoms with Gasteiger partial charge < -0.3 is 4.74 Å². The van der Waals surface area contributed by atoms with Crippen LogP contribution in [0.15, 0.2) is 82.1 Å². The highest BCUT2D eigenvalue weighted by Gasteiger charge is 2.18. The summed E-state index contributed by atoms with van der Waals surface area (Å²) in [5, 5.41) is 4.73. The first-order valence-corrected chi connectivity index (χ1v) is 9.79. The van der Waals surface area contributed by atoms with Crippen LogP contribution in [0.5, 0.6) is 0 Å². The SMILES string of the molecule is Cn1c(COC(=O)Nc2cccc3ccccc23)c(Br)c(=O)n1-c1ccccc1. The highest BCUT2D eigenvalue weighted by Crippen LogP contribution is 2.23. The molecule has 3 aromatic carbocycles. The third-order valence-electron chi connectivity index (χ3n) is 4.69. The molecule has 1 aromatic heterocycles. The zero-order valence-corrected chi connectivity index (χ0v) is 17.2. The first-order valence-electron chi connectivity index (χ1n) is 8.99. The molecule has 4 rings (SSSR count). The predicted octanol–water partition coefficient (Wildman–Crippen LogP) is 4.84. The number of rotatable bonds is 4. The molecule has 1 amide bonds. The molecule has 146 valence electrons. The molecule has 0 saturated carbocycles. The Kier molecular flexibility index (Phi) is 5.22. The van der Waals surface area contributed by atoms with Crippen molar-refractivity contribution in [3.05, 3.63) is 93.3 Å². The van der Waals surface area contributed by atoms with Gasteiger partial charge in [0.1, 0.15) is 11.1 Å². The minimum absolute atomic E-state index is 0.0528. The quantitative estimate of drug-likeness (QED) is 0.482. The maximum absolute atomic E-state index is 12.6. The Morgan fingerprint density at radius 2 is 1.69 bits per heavy atom. The number of fused-ring (bicyclic) bond motifs is 1. The van der Waals surface area contributed by atoms with Crippen LogP contribution < -0.4 is 10.9 Å². The van der Waals surface area contributed by atoms with Gasteiger partial charge >= 0.3 is 6.09 Å². The fourth-order valence-corrected chi connectivity index (χ4v) is 3.79. The van der Waals surface area contributed by atoms with Gasteiger partial charge in [0.2, 0.25) is 0 Å². The van der Waals surface area contributed by atoms with Crippen molar-refractivity contribution in [1.82, 2.24) is 9.36 Å². The Morgan fingerprint density at radius 3 is 2.48 bits per heavy atom. The van der Waals surface area contributed by atoms with E-state index in [0.717, 1.165) is 16.5 Å². The maximum atomic E-state index is 12.6. The number of anilines is 1. The van der Waals surface area contributed by atoms with Crippen LogP contribution in [0.25, 0.3) is 16.5 Å². The highest BCUT2D eigenvalue weighted by molar-refractivity contribution is 9.10. The molecule has 0 fully saturated rings. The number of hydrogen-bond donors (Lipinski definition) is 1. The number of amides is 1. The summed E-state index contributed by atoms with van der Waals surface area (Å²) in [6.45, 7) is -0.0528. The molecular formula is C22H18BrN3O3. The molecule has 1 heterocycles. The minimum Gasteiger partial charge on any atom is -0.443 e. The highest BCUT2D eigenvalue weighted by atomic mass is 79.9. The van der Waals surface area contributed by atoms with Crippen LogP contribution >= 0.6 is 15.9 Å². The van der Waals surface area contributed by atoms with Gasteiger partial charge in [-0.1, -0.05) is 54.6 Å². The average molecular weight is 452 g/mol. The van der Waals surface area contributed by atoms with Crippen LogP contribution in [0.4, 0.5) is 10.5 Å². The third-order valence-corrected chi connectivity index (χ3v) is 5.49. The van der Waals surface area contributed by atoms with E-state index in [9.17, 15) is 9.59 Å². The number of halogens is 1. The van der Waals surface area contributed by atoms with E-state index in [1.54, 1.807) is 11.7 Å². The fourth-order valence-electron chi connectivity index (χ4n) is 3.25. The van der Waals surface area contributed by atoms with Gasteiger partial charge in [-0.2, -0.15) is 0 Å². The molecule has 0 unspecified atom stereocenters. The Bertz CT molecular complexity index is 1240. The van der Waals surface area contributed by atoms with Gasteiger partial charge in [-0.25, -0.2) is 9.48 Å². The number of hydrogen-bond acceptors (Lipinski definition) is 3. The number of para-hydroxylation sites is 1. The predicted molar refractivity (Wildman–Crippen MR) is 116 cm³/mol. The van der Waals surface area contributed by atoms with Crippen LogP contribution in [-0.2, 0) is 18.4 Å². The average Bonchev–Trinajstić information content (AvgIpc) is 2.95. The van der Waals surface area contributed by atoms with Gasteiger partial charge in [0.05, 0.1) is 17.1 Å². The maximum Gasteiger partial charge on any atom is 0.412 e. The molecule has 6 nitrogen and oxygen atoms in total. The number of benzene rings is 3. The summed E-state index contributed by atoms with van der Waals surface area (Å²) in [6.07, 6.45) is -0.590. The van der Waals surface area contributed by atoms with Crippen molar-refractivity contribution < 1.29 is 9.53 Å². The van der Waals surface area contributed by atoms with E-state index in [2.05, 4.69) is 21.2 Å². The second-order valence-corrected chi connectivity index (χ2v) is 7.26. The standard InChI is InChI=1S/C22H18BrN3O3/c1-25-19(20(23)21(27)26(25)16-10-3-2-4-11-16)14-29-22(28)24-18-13-7-9-15-8-5-6-12-17(15)18/h2-13H,14H2,1H3,(H,24,28). The molecule has 0 aliphatic heterocycles. The smallest absolute Gasteiger partial charge is 0.412 e. The van der Waals surface area contributed by atoms with Gasteiger partial charge in [-0.05, 0) is 39.5 Å². The van der Waals surface area contributed by atoms with Crippen molar-refractivity contribution >= 4 is 38.5 Å². The molecule has 0 bridgehead atoms. The minimum atomic E-state index is -0.590. The van der Waals surface area contributed by atoms with E-state index in [1.165, 1.54) is 4.68 Å². The zero-order valence-electron chi connectivity index (χ0n) is 15.6. The Labute approximate surface area is 175 Å². The molecule has 0 aliphatic rings. The van der Waals surface area contributed by atoms with Gasteiger partial charge in [-0.3, -0.25) is 14.8 Å². The normalized spacial score (nSPS) is 10.8. The van der Waals surface area contributed by atoms with E-state index in [1.807, 2.05) is 72.8 Å². The molecule has 0 saturated heterocycles. The van der Waals surface area contributed by atoms with Crippen LogP contribution in [0, 0.1) is 0 Å². The van der Waals surface area contributed by atoms with E-state index in [-0.39, 0.29) is 12.2 Å². The monoisotopic (exact) mass is 451 g/mol. The van der Waals surface area contributed by atoms with Crippen molar-refractivity contribution in [3.63, 3.8) is 0 Å². The Balaban J connectivity index is 1.54. The van der Waals surface area contributed by atoms with Crippen molar-refractivity contribution in [2.24, 2.45) is 7.05 Å². The van der Waals surface area contributed by atoms with Crippen LogP contribution in [-0.4, -0.2) is 15.5 Å². The summed E-state index contributed by atoms with van der Waals surface area (Å²) in [5.74, 6) is 0. The number of carbonyl (C=O) groups is 1. The molecule has 1 N–H and O–H groups in total. The summed E-state index contributed by atoms with van der Waals surface area (Å²) >= 11 is 3.33. The number of nitrogens with zero attached hydrogens (tertiary/aromatic N) is 2. The summed E-state index contributed by atoms with van der Waals surface area (Å²) in [7, 11) is 1.75. The number of carbonyl (C=O) groups excluding carboxylic acids is 1. The van der Waals surface area contributed by atoms with E-state index in [4.69, 9.17) is 4.74 Å². The second kappa shape index (κ2) is 7.97. The third kappa shape index (κ3) is 3.69. The Morgan fingerprint density at radius 1 is 1.00 bits per heavy atom. The molecule has 0 spiro atoms. The van der Waals surface area contributed by atoms with Gasteiger partial charge in [0, 0.05) is 12.4 Å². The summed E-state index contributed by atoms with van der Waals surface area (Å²) in [4.78, 5) is 25.0. The van der Waals surface area contributed by atoms with Crippen molar-refractivity contribution in [2.75, 3.05) is 5.32 Å². The molecule has 0 radical (unpaired) electrons. The summed E-state index contributed by atoms with van der Waals surface area (Å²) in [5.41, 5.74) is 1.74. The van der Waals surface area contributed by atoms with E-state index in [0.29, 0.717) is 15.9 Å². The van der Waals surface area contributed by atoms with Crippen LogP contribution in [0.3, 0.4) is 0 Å². The summed E-state index contributed by atoms with van der Waals surface area (Å²) in [6, 6.07) is 22.7. The number of aromatic nitrogens is 2. The lowest BCUT2D eigenvalue weighted by molar-refractivity contribution is 0.151. The summed E-state index contributed by atoms with van der Waals surface area (Å²) < 4.78 is 8.95. The molecule has 4 aromatic rings. The lowest BCUT2D eigenvalue weighted by Crippen LogP contribution is -2.20. The fraction of sp³-hybridized carbons (Fsp3) is 0.0909. The van der Waals surface area contributed by atoms with Gasteiger partial charge in [0.15, 0.2) is 0 Å². The van der Waals surface area contributed by atoms with E-state index < -0.39 is 6.09 Å². The first kappa shape index (κ1) is 19.0. The number of ether oxygens (including phenoxy) is 1. The topological polar surface area (TPSA) is 65.3 Å². The van der Waals surface area contributed by atoms with Crippen molar-refractivity contribution in [2.45, 2.75) is 6.61 Å². The van der Waals surface area contributed by atoms with Crippen LogP contribution in [0.2, 0.25) is 0 Å². The van der Waals surface area contributed by atoms with Gasteiger partial charge in [0.25, 0.3) is 5.56 Å². The largest absolute Gasteiger partial charge is 0.443 e. The van der Waals surface area contributed by atoms with E-state index >= 15 is 0 Å². The molecule has 7 heteroatoms. The molecular weight excluding hydrogens is 434 g/mol. The Hall–Kier alpha value is -3.32. The number of nitrogens with one attached hydrogen (secondary N) is 1. The lowest BCUT2D eigenvalue weighted by Gasteiger charge is -2.12. The van der Waals surface area contributed by atoms with Crippen molar-refractivity contribution in [3.8, 4) is 5.69 Å². The van der Waals surface area contributed by atoms with Gasteiger partial charge in [-0.15, -0.1) is 0 Å². The molecule has 0 aliphatic carbocycles. The molecule has 29 heavy (non-hydrogen) atoms. The first-order chi connectivity index (χ1) is 14.1. The molecule has 0 atom stereocenters. The van der Waals surface area contributed by atoms with Crippen molar-refractivity contribution in [1.29, 1.82) is 0 Å². The lowest BCUT2D eigenvalue weighted by atomic mass is 10.1. The van der Waals surface area contributed by atoms with Crippen LogP contribution in [0.1, 0.15) is 5.69 Å². The second-order valence-electron chi connectivity index (χ2n) is 6.46.